The van der Waals surface area contributed by atoms with E-state index in [2.05, 4.69) is 42.4 Å². The summed E-state index contributed by atoms with van der Waals surface area (Å²) in [7, 11) is 0. The number of thioether (sulfide) groups is 1. The van der Waals surface area contributed by atoms with Crippen LogP contribution < -0.4 is 5.32 Å². The van der Waals surface area contributed by atoms with Crippen LogP contribution in [0, 0.1) is 25.2 Å². The highest BCUT2D eigenvalue weighted by atomic mass is 32.2. The monoisotopic (exact) mass is 489 g/mol. The van der Waals surface area contributed by atoms with Crippen molar-refractivity contribution in [1.82, 2.24) is 14.8 Å². The van der Waals surface area contributed by atoms with Gasteiger partial charge in [-0.05, 0) is 54.7 Å². The van der Waals surface area contributed by atoms with Crippen molar-refractivity contribution in [2.75, 3.05) is 11.1 Å². The lowest BCUT2D eigenvalue weighted by atomic mass is 9.87. The van der Waals surface area contributed by atoms with Crippen LogP contribution in [0.15, 0.2) is 56.7 Å². The van der Waals surface area contributed by atoms with Gasteiger partial charge in [0.1, 0.15) is 17.6 Å². The molecule has 0 atom stereocenters. The summed E-state index contributed by atoms with van der Waals surface area (Å²) in [6.45, 7) is 10.7. The molecule has 0 saturated heterocycles. The van der Waals surface area contributed by atoms with Gasteiger partial charge in [0, 0.05) is 11.3 Å². The second kappa shape index (κ2) is 9.84. The average Bonchev–Trinajstić information content (AvgIpc) is 3.56. The minimum Gasteiger partial charge on any atom is -0.467 e. The van der Waals surface area contributed by atoms with E-state index in [9.17, 15) is 10.1 Å². The van der Waals surface area contributed by atoms with E-state index in [-0.39, 0.29) is 17.1 Å². The van der Waals surface area contributed by atoms with Crippen LogP contribution >= 0.6 is 11.8 Å². The lowest BCUT2D eigenvalue weighted by Crippen LogP contribution is -2.18. The van der Waals surface area contributed by atoms with Crippen LogP contribution in [-0.2, 0) is 16.8 Å². The van der Waals surface area contributed by atoms with E-state index < -0.39 is 0 Å². The first-order chi connectivity index (χ1) is 16.7. The molecule has 9 heteroatoms. The first kappa shape index (κ1) is 24.4. The number of hydrogen-bond donors (Lipinski definition) is 1. The van der Waals surface area contributed by atoms with E-state index in [1.54, 1.807) is 12.3 Å². The van der Waals surface area contributed by atoms with Crippen LogP contribution in [0.1, 0.15) is 48.9 Å². The van der Waals surface area contributed by atoms with E-state index in [0.717, 1.165) is 34.3 Å². The van der Waals surface area contributed by atoms with Crippen LogP contribution in [0.3, 0.4) is 0 Å². The van der Waals surface area contributed by atoms with E-state index >= 15 is 0 Å². The smallest absolute Gasteiger partial charge is 0.277 e. The Morgan fingerprint density at radius 2 is 1.91 bits per heavy atom. The van der Waals surface area contributed by atoms with Gasteiger partial charge in [-0.3, -0.25) is 4.79 Å². The summed E-state index contributed by atoms with van der Waals surface area (Å²) in [6, 6.07) is 13.9. The van der Waals surface area contributed by atoms with Gasteiger partial charge in [0.25, 0.3) is 5.22 Å². The number of hydrogen-bond acceptors (Lipinski definition) is 7. The average molecular weight is 490 g/mol. The first-order valence-electron chi connectivity index (χ1n) is 11.2. The maximum absolute atomic E-state index is 12.8. The van der Waals surface area contributed by atoms with Gasteiger partial charge in [-0.15, -0.1) is 10.2 Å². The molecule has 1 amide bonds. The van der Waals surface area contributed by atoms with Crippen molar-refractivity contribution in [2.24, 2.45) is 0 Å². The second-order valence-electron chi connectivity index (χ2n) is 9.25. The predicted molar refractivity (Wildman–Crippen MR) is 134 cm³/mol. The Labute approximate surface area is 208 Å². The molecule has 0 radical (unpaired) electrons. The number of aromatic nitrogens is 3. The van der Waals surface area contributed by atoms with Gasteiger partial charge < -0.3 is 18.7 Å². The highest BCUT2D eigenvalue weighted by molar-refractivity contribution is 7.99. The molecule has 4 aromatic rings. The van der Waals surface area contributed by atoms with Crippen molar-refractivity contribution in [3.63, 3.8) is 0 Å². The number of amides is 1. The van der Waals surface area contributed by atoms with Crippen molar-refractivity contribution in [2.45, 2.75) is 51.8 Å². The van der Waals surface area contributed by atoms with Gasteiger partial charge in [0.2, 0.25) is 11.8 Å². The summed E-state index contributed by atoms with van der Waals surface area (Å²) >= 11 is 1.14. The number of rotatable bonds is 7. The molecule has 35 heavy (non-hydrogen) atoms. The van der Waals surface area contributed by atoms with Crippen LogP contribution in [0.4, 0.5) is 5.82 Å². The molecular formula is C26H27N5O3S. The Hall–Kier alpha value is -3.77. The molecule has 0 unspecified atom stereocenters. The summed E-state index contributed by atoms with van der Waals surface area (Å²) in [6.07, 6.45) is 1.60. The summed E-state index contributed by atoms with van der Waals surface area (Å²) in [5.74, 6) is 1.36. The molecule has 3 aromatic heterocycles. The fourth-order valence-electron chi connectivity index (χ4n) is 3.68. The molecule has 180 valence electrons. The second-order valence-corrected chi connectivity index (χ2v) is 10.2. The molecule has 0 bridgehead atoms. The third kappa shape index (κ3) is 5.33. The Morgan fingerprint density at radius 1 is 1.17 bits per heavy atom. The van der Waals surface area contributed by atoms with Crippen molar-refractivity contribution in [3.8, 4) is 17.5 Å². The quantitative estimate of drug-likeness (QED) is 0.332. The third-order valence-corrected chi connectivity index (χ3v) is 6.64. The topological polar surface area (TPSA) is 110 Å². The minimum absolute atomic E-state index is 0.0551. The zero-order valence-corrected chi connectivity index (χ0v) is 21.2. The Balaban J connectivity index is 1.44. The number of anilines is 1. The van der Waals surface area contributed by atoms with E-state index in [4.69, 9.17) is 8.83 Å². The molecule has 0 aliphatic rings. The summed E-state index contributed by atoms with van der Waals surface area (Å²) in [5, 5.41) is 21.0. The zero-order chi connectivity index (χ0) is 25.2. The molecule has 0 spiro atoms. The summed E-state index contributed by atoms with van der Waals surface area (Å²) in [5.41, 5.74) is 4.24. The molecule has 0 fully saturated rings. The maximum Gasteiger partial charge on any atom is 0.277 e. The van der Waals surface area contributed by atoms with Gasteiger partial charge in [-0.25, -0.2) is 0 Å². The number of nitrogens with zero attached hydrogens (tertiary/aromatic N) is 4. The predicted octanol–water partition coefficient (Wildman–Crippen LogP) is 5.70. The first-order valence-corrected chi connectivity index (χ1v) is 12.1. The molecule has 3 heterocycles. The van der Waals surface area contributed by atoms with Gasteiger partial charge in [-0.2, -0.15) is 5.26 Å². The van der Waals surface area contributed by atoms with Crippen molar-refractivity contribution in [1.29, 1.82) is 5.26 Å². The normalized spacial score (nSPS) is 11.4. The third-order valence-electron chi connectivity index (χ3n) is 5.82. The van der Waals surface area contributed by atoms with Gasteiger partial charge in [0.15, 0.2) is 0 Å². The number of nitrogens with one attached hydrogen (secondary N) is 1. The van der Waals surface area contributed by atoms with E-state index in [1.807, 2.05) is 48.7 Å². The number of furan rings is 1. The SMILES string of the molecule is Cc1c(C#N)c(NC(=O)CSc2nnc(-c3ccc(C(C)(C)C)cc3)o2)n(Cc2ccco2)c1C. The Kier molecular flexibility index (Phi) is 6.85. The Morgan fingerprint density at radius 3 is 2.54 bits per heavy atom. The largest absolute Gasteiger partial charge is 0.467 e. The lowest BCUT2D eigenvalue weighted by Gasteiger charge is -2.18. The molecular weight excluding hydrogens is 462 g/mol. The molecule has 1 aromatic carbocycles. The fraction of sp³-hybridized carbons (Fsp3) is 0.308. The van der Waals surface area contributed by atoms with Crippen molar-refractivity contribution < 1.29 is 13.6 Å². The van der Waals surface area contributed by atoms with Crippen molar-refractivity contribution >= 4 is 23.5 Å². The minimum atomic E-state index is -0.279. The maximum atomic E-state index is 12.8. The van der Waals surface area contributed by atoms with Gasteiger partial charge in [0.05, 0.1) is 24.1 Å². The summed E-state index contributed by atoms with van der Waals surface area (Å²) in [4.78, 5) is 12.8. The molecule has 4 rings (SSSR count). The summed E-state index contributed by atoms with van der Waals surface area (Å²) < 4.78 is 13.1. The standard InChI is InChI=1S/C26H27N5O3S/c1-16-17(2)31(14-20-7-6-12-33-20)23(21(16)13-27)28-22(32)15-35-25-30-29-24(34-25)18-8-10-19(11-9-18)26(3,4)5/h6-12H,14-15H2,1-5H3,(H,28,32). The van der Waals surface area contributed by atoms with Crippen LogP contribution in [0.25, 0.3) is 11.5 Å². The molecule has 1 N–H and O–H groups in total. The fourth-order valence-corrected chi connectivity index (χ4v) is 4.24. The Bertz CT molecular complexity index is 1370. The number of benzene rings is 1. The number of carbonyl (C=O) groups is 1. The number of nitriles is 1. The lowest BCUT2D eigenvalue weighted by molar-refractivity contribution is -0.113. The van der Waals surface area contributed by atoms with Crippen LogP contribution in [0.2, 0.25) is 0 Å². The highest BCUT2D eigenvalue weighted by Gasteiger charge is 2.21. The van der Waals surface area contributed by atoms with Crippen molar-refractivity contribution in [3.05, 3.63) is 70.8 Å². The molecule has 0 aliphatic carbocycles. The van der Waals surface area contributed by atoms with Gasteiger partial charge in [-0.1, -0.05) is 44.7 Å². The van der Waals surface area contributed by atoms with Gasteiger partial charge >= 0.3 is 0 Å². The van der Waals surface area contributed by atoms with Crippen LogP contribution in [0.5, 0.6) is 0 Å². The highest BCUT2D eigenvalue weighted by Crippen LogP contribution is 2.29. The van der Waals surface area contributed by atoms with E-state index in [0.29, 0.717) is 29.0 Å². The number of carbonyl (C=O) groups excluding carboxylic acids is 1. The molecule has 8 nitrogen and oxygen atoms in total. The zero-order valence-electron chi connectivity index (χ0n) is 20.4. The van der Waals surface area contributed by atoms with E-state index in [1.165, 1.54) is 5.56 Å². The van der Waals surface area contributed by atoms with Crippen LogP contribution in [-0.4, -0.2) is 26.4 Å². The molecule has 0 saturated carbocycles. The molecule has 0 aliphatic heterocycles.